The quantitative estimate of drug-likeness (QED) is 0.796. The number of rotatable bonds is 4. The maximum atomic E-state index is 12.7. The van der Waals surface area contributed by atoms with Crippen molar-refractivity contribution in [1.82, 2.24) is 4.90 Å². The Morgan fingerprint density at radius 1 is 1.32 bits per heavy atom. The van der Waals surface area contributed by atoms with Crippen LogP contribution in [-0.2, 0) is 9.59 Å². The maximum Gasteiger partial charge on any atom is 0.307 e. The van der Waals surface area contributed by atoms with Crippen LogP contribution in [0.1, 0.15) is 40.5 Å². The first-order chi connectivity index (χ1) is 8.68. The molecular formula is C15H25NO3. The summed E-state index contributed by atoms with van der Waals surface area (Å²) in [6.07, 6.45) is 2.95. The Labute approximate surface area is 115 Å². The lowest BCUT2D eigenvalue weighted by Crippen LogP contribution is -2.49. The second kappa shape index (κ2) is 5.76. The van der Waals surface area contributed by atoms with Crippen molar-refractivity contribution in [3.05, 3.63) is 12.7 Å². The fraction of sp³-hybridized carbons (Fsp3) is 0.733. The highest BCUT2D eigenvalue weighted by Gasteiger charge is 2.44. The predicted molar refractivity (Wildman–Crippen MR) is 74.7 cm³/mol. The molecule has 0 bridgehead atoms. The van der Waals surface area contributed by atoms with E-state index in [4.69, 9.17) is 0 Å². The van der Waals surface area contributed by atoms with Crippen molar-refractivity contribution in [1.29, 1.82) is 0 Å². The van der Waals surface area contributed by atoms with Crippen LogP contribution in [0.2, 0.25) is 0 Å². The summed E-state index contributed by atoms with van der Waals surface area (Å²) in [5.41, 5.74) is -0.319. The zero-order chi connectivity index (χ0) is 14.8. The number of carboxylic acid groups (broad SMARTS) is 1. The Morgan fingerprint density at radius 3 is 2.26 bits per heavy atom. The minimum Gasteiger partial charge on any atom is -0.481 e. The fourth-order valence-corrected chi connectivity index (χ4v) is 2.86. The molecule has 0 saturated heterocycles. The third-order valence-electron chi connectivity index (χ3n) is 3.82. The van der Waals surface area contributed by atoms with Crippen LogP contribution in [0.3, 0.4) is 0 Å². The molecule has 1 unspecified atom stereocenters. The number of hydrogen-bond acceptors (Lipinski definition) is 2. The molecule has 1 rings (SSSR count). The van der Waals surface area contributed by atoms with Gasteiger partial charge in [0, 0.05) is 12.1 Å². The molecule has 1 amide bonds. The summed E-state index contributed by atoms with van der Waals surface area (Å²) >= 11 is 0. The number of amides is 1. The Bertz CT molecular complexity index is 370. The van der Waals surface area contributed by atoms with Gasteiger partial charge in [0.15, 0.2) is 0 Å². The van der Waals surface area contributed by atoms with Crippen molar-refractivity contribution in [2.45, 2.75) is 46.1 Å². The van der Waals surface area contributed by atoms with E-state index in [9.17, 15) is 14.7 Å². The topological polar surface area (TPSA) is 57.6 Å². The van der Waals surface area contributed by atoms with E-state index in [1.165, 1.54) is 0 Å². The Balaban J connectivity index is 2.95. The summed E-state index contributed by atoms with van der Waals surface area (Å²) in [5, 5.41) is 9.27. The smallest absolute Gasteiger partial charge is 0.307 e. The number of carbonyl (C=O) groups excluding carboxylic acids is 1. The lowest BCUT2D eigenvalue weighted by atomic mass is 9.92. The van der Waals surface area contributed by atoms with Gasteiger partial charge in [-0.25, -0.2) is 0 Å². The van der Waals surface area contributed by atoms with Crippen LogP contribution in [0, 0.1) is 17.8 Å². The van der Waals surface area contributed by atoms with Gasteiger partial charge in [-0.15, -0.1) is 6.58 Å². The van der Waals surface area contributed by atoms with Gasteiger partial charge in [0.2, 0.25) is 5.91 Å². The largest absolute Gasteiger partial charge is 0.481 e. The highest BCUT2D eigenvalue weighted by Crippen LogP contribution is 2.38. The molecule has 0 spiro atoms. The van der Waals surface area contributed by atoms with E-state index in [2.05, 4.69) is 6.58 Å². The van der Waals surface area contributed by atoms with E-state index >= 15 is 0 Å². The second-order valence-electron chi connectivity index (χ2n) is 6.54. The van der Waals surface area contributed by atoms with Gasteiger partial charge in [0.25, 0.3) is 0 Å². The summed E-state index contributed by atoms with van der Waals surface area (Å²) in [6, 6.07) is 0. The number of hydrogen-bond donors (Lipinski definition) is 1. The van der Waals surface area contributed by atoms with Crippen molar-refractivity contribution >= 4 is 11.9 Å². The van der Waals surface area contributed by atoms with E-state index < -0.39 is 17.8 Å². The second-order valence-corrected chi connectivity index (χ2v) is 6.54. The molecule has 0 aliphatic heterocycles. The van der Waals surface area contributed by atoms with Crippen molar-refractivity contribution in [2.75, 3.05) is 6.54 Å². The zero-order valence-corrected chi connectivity index (χ0v) is 12.3. The molecule has 4 nitrogen and oxygen atoms in total. The molecule has 19 heavy (non-hydrogen) atoms. The van der Waals surface area contributed by atoms with Crippen LogP contribution in [0.5, 0.6) is 0 Å². The van der Waals surface area contributed by atoms with Crippen molar-refractivity contribution < 1.29 is 14.7 Å². The Morgan fingerprint density at radius 2 is 1.84 bits per heavy atom. The molecule has 1 N–H and O–H groups in total. The van der Waals surface area contributed by atoms with Crippen LogP contribution in [0.4, 0.5) is 0 Å². The molecule has 1 saturated carbocycles. The van der Waals surface area contributed by atoms with E-state index in [0.717, 1.165) is 0 Å². The Kier molecular flexibility index (Phi) is 4.77. The standard InChI is InChI=1S/C15H25NO3/c1-6-7-16(15(3,4)5)13(17)11-8-10(2)9-12(11)14(18)19/h6,10-12H,1,7-9H2,2-5H3,(H,18,19)/t10?,11-,12+/m0/s1. The van der Waals surface area contributed by atoms with Gasteiger partial charge in [-0.2, -0.15) is 0 Å². The molecule has 1 fully saturated rings. The molecule has 0 aromatic carbocycles. The monoisotopic (exact) mass is 267 g/mol. The molecule has 1 aliphatic rings. The molecule has 0 aromatic rings. The minimum atomic E-state index is -0.852. The fourth-order valence-electron chi connectivity index (χ4n) is 2.86. The highest BCUT2D eigenvalue weighted by atomic mass is 16.4. The maximum absolute atomic E-state index is 12.7. The van der Waals surface area contributed by atoms with E-state index in [-0.39, 0.29) is 11.4 Å². The molecule has 0 radical (unpaired) electrons. The van der Waals surface area contributed by atoms with Crippen LogP contribution >= 0.6 is 0 Å². The number of carboxylic acids is 1. The summed E-state index contributed by atoms with van der Waals surface area (Å²) in [5.74, 6) is -1.55. The zero-order valence-electron chi connectivity index (χ0n) is 12.3. The molecule has 0 heterocycles. The van der Waals surface area contributed by atoms with Gasteiger partial charge in [-0.3, -0.25) is 9.59 Å². The predicted octanol–water partition coefficient (Wildman–Crippen LogP) is 2.55. The van der Waals surface area contributed by atoms with Crippen LogP contribution in [0.25, 0.3) is 0 Å². The average Bonchev–Trinajstić information content (AvgIpc) is 2.66. The first kappa shape index (κ1) is 15.7. The van der Waals surface area contributed by atoms with Gasteiger partial charge in [0.1, 0.15) is 0 Å². The van der Waals surface area contributed by atoms with E-state index in [1.807, 2.05) is 27.7 Å². The SMILES string of the molecule is C=CCN(C(=O)[C@H]1CC(C)C[C@H]1C(=O)O)C(C)(C)C. The highest BCUT2D eigenvalue weighted by molar-refractivity contribution is 5.86. The molecule has 0 aromatic heterocycles. The summed E-state index contributed by atoms with van der Waals surface area (Å²) in [6.45, 7) is 12.0. The lowest BCUT2D eigenvalue weighted by molar-refractivity contribution is -0.151. The van der Waals surface area contributed by atoms with Gasteiger partial charge < -0.3 is 10.0 Å². The van der Waals surface area contributed by atoms with E-state index in [0.29, 0.717) is 25.3 Å². The van der Waals surface area contributed by atoms with Gasteiger partial charge in [-0.1, -0.05) is 13.0 Å². The summed E-state index contributed by atoms with van der Waals surface area (Å²) in [4.78, 5) is 25.7. The minimum absolute atomic E-state index is 0.0517. The first-order valence-corrected chi connectivity index (χ1v) is 6.83. The third kappa shape index (κ3) is 3.58. The molecule has 3 atom stereocenters. The average molecular weight is 267 g/mol. The number of carbonyl (C=O) groups is 2. The third-order valence-corrected chi connectivity index (χ3v) is 3.82. The lowest BCUT2D eigenvalue weighted by Gasteiger charge is -2.37. The first-order valence-electron chi connectivity index (χ1n) is 6.83. The normalized spacial score (nSPS) is 27.1. The van der Waals surface area contributed by atoms with Crippen LogP contribution in [-0.4, -0.2) is 34.0 Å². The van der Waals surface area contributed by atoms with Crippen molar-refractivity contribution in [3.8, 4) is 0 Å². The summed E-state index contributed by atoms with van der Waals surface area (Å²) < 4.78 is 0. The summed E-state index contributed by atoms with van der Waals surface area (Å²) in [7, 11) is 0. The number of aliphatic carboxylic acids is 1. The van der Waals surface area contributed by atoms with Gasteiger partial charge in [-0.05, 0) is 39.5 Å². The van der Waals surface area contributed by atoms with Crippen molar-refractivity contribution in [2.24, 2.45) is 17.8 Å². The van der Waals surface area contributed by atoms with Gasteiger partial charge in [0.05, 0.1) is 11.8 Å². The van der Waals surface area contributed by atoms with Crippen LogP contribution < -0.4 is 0 Å². The molecular weight excluding hydrogens is 242 g/mol. The van der Waals surface area contributed by atoms with Gasteiger partial charge >= 0.3 is 5.97 Å². The van der Waals surface area contributed by atoms with E-state index in [1.54, 1.807) is 11.0 Å². The van der Waals surface area contributed by atoms with Crippen molar-refractivity contribution in [3.63, 3.8) is 0 Å². The molecule has 4 heteroatoms. The van der Waals surface area contributed by atoms with Crippen LogP contribution in [0.15, 0.2) is 12.7 Å². The number of nitrogens with zero attached hydrogens (tertiary/aromatic N) is 1. The molecule has 108 valence electrons. The Hall–Kier alpha value is -1.32. The molecule has 1 aliphatic carbocycles.